The predicted molar refractivity (Wildman–Crippen MR) is 34.6 cm³/mol. The zero-order chi connectivity index (χ0) is 5.28. The lowest BCUT2D eigenvalue weighted by atomic mass is 10.8. The fourth-order valence-corrected chi connectivity index (χ4v) is 0.725. The van der Waals surface area contributed by atoms with Gasteiger partial charge in [-0.05, 0) is 22.6 Å². The number of halogens is 1. The van der Waals surface area contributed by atoms with Crippen LogP contribution in [-0.2, 0) is 0 Å². The Hall–Kier alpha value is -0.0600. The summed E-state index contributed by atoms with van der Waals surface area (Å²) in [7, 11) is 5.18. The summed E-state index contributed by atoms with van der Waals surface area (Å²) in [5.41, 5.74) is 0. The van der Waals surface area contributed by atoms with Crippen LogP contribution in [0, 0.1) is 10.6 Å². The topological polar surface area (TPSA) is 17.8 Å². The van der Waals surface area contributed by atoms with E-state index in [0.717, 1.165) is 3.57 Å². The molecule has 0 aliphatic rings. The van der Waals surface area contributed by atoms with Crippen molar-refractivity contribution < 1.29 is 0 Å². The van der Waals surface area contributed by atoms with E-state index >= 15 is 0 Å². The van der Waals surface area contributed by atoms with E-state index in [1.807, 2.05) is 0 Å². The lowest BCUT2D eigenvalue weighted by Gasteiger charge is -1.76. The Kier molecular flexibility index (Phi) is 1.32. The minimum atomic E-state index is 1.06. The van der Waals surface area contributed by atoms with Crippen molar-refractivity contribution in [2.45, 2.75) is 0 Å². The number of hydrogen-bond acceptors (Lipinski definition) is 1. The highest BCUT2D eigenvalue weighted by Crippen LogP contribution is 1.98. The minimum absolute atomic E-state index is 1.06. The van der Waals surface area contributed by atoms with Gasteiger partial charge in [0.2, 0.25) is 0 Å². The largest absolute Gasteiger partial charge is 0.264 e. The molecule has 3 heteroatoms. The second kappa shape index (κ2) is 1.81. The maximum absolute atomic E-state index is 5.18. The van der Waals surface area contributed by atoms with Crippen molar-refractivity contribution in [2.75, 3.05) is 0 Å². The first-order valence-electron chi connectivity index (χ1n) is 1.74. The molecule has 0 aliphatic carbocycles. The zero-order valence-corrected chi connectivity index (χ0v) is 5.66. The Morgan fingerprint density at radius 1 is 1.86 bits per heavy atom. The van der Waals surface area contributed by atoms with Gasteiger partial charge in [-0.1, -0.05) is 0 Å². The van der Waals surface area contributed by atoms with Gasteiger partial charge in [0.25, 0.3) is 0 Å². The Labute approximate surface area is 55.7 Å². The summed E-state index contributed by atoms with van der Waals surface area (Å²) >= 11 is 2.14. The maximum atomic E-state index is 5.18. The summed E-state index contributed by atoms with van der Waals surface area (Å²) in [5, 5.41) is 3.70. The molecule has 1 heterocycles. The molecule has 0 spiro atoms. The van der Waals surface area contributed by atoms with Crippen molar-refractivity contribution in [1.82, 2.24) is 9.78 Å². The van der Waals surface area contributed by atoms with Crippen molar-refractivity contribution in [3.05, 3.63) is 23.0 Å². The summed E-state index contributed by atoms with van der Waals surface area (Å²) in [6.07, 6.45) is 3.43. The molecule has 1 aromatic rings. The van der Waals surface area contributed by atoms with Gasteiger partial charge in [-0.2, -0.15) is 5.10 Å². The van der Waals surface area contributed by atoms with Crippen molar-refractivity contribution in [3.63, 3.8) is 0 Å². The molecule has 1 aromatic heterocycles. The van der Waals surface area contributed by atoms with Gasteiger partial charge in [-0.25, -0.2) is 0 Å². The minimum Gasteiger partial charge on any atom is -0.264 e. The van der Waals surface area contributed by atoms with Gasteiger partial charge in [0.1, 0.15) is 7.05 Å². The fourth-order valence-electron chi connectivity index (χ4n) is 0.315. The van der Waals surface area contributed by atoms with Crippen LogP contribution < -0.4 is 0 Å². The van der Waals surface area contributed by atoms with Crippen LogP contribution in [0.3, 0.4) is 0 Å². The molecule has 2 nitrogen and oxygen atoms in total. The molecule has 0 bridgehead atoms. The van der Waals surface area contributed by atoms with E-state index in [-0.39, 0.29) is 0 Å². The van der Waals surface area contributed by atoms with Crippen molar-refractivity contribution in [1.29, 1.82) is 0 Å². The summed E-state index contributed by atoms with van der Waals surface area (Å²) < 4.78 is 2.34. The number of aromatic nitrogens is 2. The highest BCUT2D eigenvalue weighted by atomic mass is 127. The Morgan fingerprint density at radius 2 is 2.57 bits per heavy atom. The van der Waals surface area contributed by atoms with Crippen molar-refractivity contribution >= 4 is 22.6 Å². The van der Waals surface area contributed by atoms with Crippen LogP contribution in [0.2, 0.25) is 0 Å². The van der Waals surface area contributed by atoms with Crippen LogP contribution in [0.25, 0.3) is 0 Å². The molecular formula is C4H3IN2. The first kappa shape index (κ1) is 5.08. The third-order valence-electron chi connectivity index (χ3n) is 0.570. The highest BCUT2D eigenvalue weighted by Gasteiger charge is 1.84. The second-order valence-corrected chi connectivity index (χ2v) is 2.38. The van der Waals surface area contributed by atoms with Gasteiger partial charge in [0.15, 0.2) is 0 Å². The van der Waals surface area contributed by atoms with Gasteiger partial charge in [0.05, 0.1) is 9.77 Å². The average Bonchev–Trinajstić information content (AvgIpc) is 1.87. The Balaban J connectivity index is 3.04. The molecule has 0 amide bonds. The Bertz CT molecular complexity index is 142. The standard InChI is InChI=1S/C4H3IN2/c1-7-3-4(5)2-6-7/h1-3H. The average molecular weight is 206 g/mol. The summed E-state index contributed by atoms with van der Waals surface area (Å²) in [6.45, 7) is 0. The van der Waals surface area contributed by atoms with E-state index in [0.29, 0.717) is 0 Å². The maximum Gasteiger partial charge on any atom is 0.101 e. The number of hydrogen-bond donors (Lipinski definition) is 0. The molecule has 0 fully saturated rings. The molecule has 0 aromatic carbocycles. The van der Waals surface area contributed by atoms with E-state index in [1.165, 1.54) is 4.68 Å². The van der Waals surface area contributed by atoms with Gasteiger partial charge in [0, 0.05) is 6.20 Å². The first-order chi connectivity index (χ1) is 3.29. The fraction of sp³-hybridized carbons (Fsp3) is 0. The normalized spacial score (nSPS) is 9.43. The van der Waals surface area contributed by atoms with Gasteiger partial charge in [-0.3, -0.25) is 4.68 Å². The monoisotopic (exact) mass is 206 g/mol. The molecule has 0 saturated heterocycles. The van der Waals surface area contributed by atoms with Crippen LogP contribution >= 0.6 is 22.6 Å². The van der Waals surface area contributed by atoms with E-state index in [2.05, 4.69) is 27.7 Å². The molecule has 0 unspecified atom stereocenters. The predicted octanol–water partition coefficient (Wildman–Crippen LogP) is 1.00. The summed E-state index contributed by atoms with van der Waals surface area (Å²) in [5.74, 6) is 0. The lowest BCUT2D eigenvalue weighted by molar-refractivity contribution is 0.877. The second-order valence-electron chi connectivity index (χ2n) is 1.14. The molecule has 0 saturated carbocycles. The van der Waals surface area contributed by atoms with Crippen LogP contribution in [-0.4, -0.2) is 9.78 Å². The zero-order valence-electron chi connectivity index (χ0n) is 3.50. The molecule has 2 radical (unpaired) electrons. The molecular weight excluding hydrogens is 203 g/mol. The van der Waals surface area contributed by atoms with Crippen LogP contribution in [0.15, 0.2) is 12.4 Å². The highest BCUT2D eigenvalue weighted by molar-refractivity contribution is 14.1. The molecule has 0 atom stereocenters. The van der Waals surface area contributed by atoms with Crippen LogP contribution in [0.4, 0.5) is 0 Å². The van der Waals surface area contributed by atoms with Gasteiger partial charge in [-0.15, -0.1) is 0 Å². The third kappa shape index (κ3) is 1.15. The number of rotatable bonds is 0. The summed E-state index contributed by atoms with van der Waals surface area (Å²) in [6, 6.07) is 0. The smallest absolute Gasteiger partial charge is 0.101 e. The van der Waals surface area contributed by atoms with Crippen molar-refractivity contribution in [2.24, 2.45) is 0 Å². The summed E-state index contributed by atoms with van der Waals surface area (Å²) in [4.78, 5) is 0. The lowest BCUT2D eigenvalue weighted by Crippen LogP contribution is -1.80. The molecule has 0 N–H and O–H groups in total. The first-order valence-corrected chi connectivity index (χ1v) is 2.82. The molecule has 36 valence electrons. The van der Waals surface area contributed by atoms with E-state index in [1.54, 1.807) is 12.4 Å². The van der Waals surface area contributed by atoms with Crippen LogP contribution in [0.1, 0.15) is 0 Å². The molecule has 0 aliphatic heterocycles. The van der Waals surface area contributed by atoms with E-state index in [9.17, 15) is 0 Å². The SMILES string of the molecule is [CH]n1cc(I)cn1. The van der Waals surface area contributed by atoms with Gasteiger partial charge >= 0.3 is 0 Å². The number of nitrogens with zero attached hydrogens (tertiary/aromatic N) is 2. The molecule has 7 heavy (non-hydrogen) atoms. The van der Waals surface area contributed by atoms with Gasteiger partial charge < -0.3 is 0 Å². The third-order valence-corrected chi connectivity index (χ3v) is 1.13. The van der Waals surface area contributed by atoms with Crippen LogP contribution in [0.5, 0.6) is 0 Å². The van der Waals surface area contributed by atoms with E-state index < -0.39 is 0 Å². The quantitative estimate of drug-likeness (QED) is 0.579. The molecule has 1 rings (SSSR count). The Morgan fingerprint density at radius 3 is 2.71 bits per heavy atom. The van der Waals surface area contributed by atoms with Crippen molar-refractivity contribution in [3.8, 4) is 0 Å². The van der Waals surface area contributed by atoms with E-state index in [4.69, 9.17) is 7.05 Å².